The lowest BCUT2D eigenvalue weighted by atomic mass is 9.92. The highest BCUT2D eigenvalue weighted by Crippen LogP contribution is 2.24. The van der Waals surface area contributed by atoms with Crippen molar-refractivity contribution in [3.05, 3.63) is 41.5 Å². The van der Waals surface area contributed by atoms with Crippen molar-refractivity contribution in [1.82, 2.24) is 19.5 Å². The summed E-state index contributed by atoms with van der Waals surface area (Å²) in [6.07, 6.45) is 5.92. The molecule has 0 fully saturated rings. The van der Waals surface area contributed by atoms with Crippen LogP contribution in [0.3, 0.4) is 0 Å². The van der Waals surface area contributed by atoms with Crippen LogP contribution in [0.5, 0.6) is 0 Å². The van der Waals surface area contributed by atoms with E-state index in [1.807, 2.05) is 17.6 Å². The molecule has 0 amide bonds. The van der Waals surface area contributed by atoms with Gasteiger partial charge in [0.15, 0.2) is 0 Å². The van der Waals surface area contributed by atoms with Crippen molar-refractivity contribution < 1.29 is 8.42 Å². The fourth-order valence-electron chi connectivity index (χ4n) is 2.80. The summed E-state index contributed by atoms with van der Waals surface area (Å²) in [6.45, 7) is 2.82. The molecule has 0 bridgehead atoms. The van der Waals surface area contributed by atoms with E-state index in [9.17, 15) is 8.42 Å². The summed E-state index contributed by atoms with van der Waals surface area (Å²) in [5.74, 6) is 0.615. The second-order valence-electron chi connectivity index (χ2n) is 5.50. The Morgan fingerprint density at radius 3 is 2.77 bits per heavy atom. The Morgan fingerprint density at radius 1 is 1.23 bits per heavy atom. The van der Waals surface area contributed by atoms with Gasteiger partial charge in [0.25, 0.3) is 0 Å². The second-order valence-corrected chi connectivity index (χ2v) is 7.26. The van der Waals surface area contributed by atoms with Crippen LogP contribution in [0.1, 0.15) is 36.7 Å². The lowest BCUT2D eigenvalue weighted by molar-refractivity contribution is 0.574. The highest BCUT2D eigenvalue weighted by molar-refractivity contribution is 7.89. The van der Waals surface area contributed by atoms with Crippen LogP contribution in [0.25, 0.3) is 0 Å². The topological polar surface area (TPSA) is 76.9 Å². The van der Waals surface area contributed by atoms with Gasteiger partial charge in [-0.1, -0.05) is 6.07 Å². The molecular weight excluding hydrogens is 300 g/mol. The summed E-state index contributed by atoms with van der Waals surface area (Å²) >= 11 is 0. The highest BCUT2D eigenvalue weighted by atomic mass is 32.2. The maximum atomic E-state index is 12.4. The molecule has 1 aromatic carbocycles. The van der Waals surface area contributed by atoms with Crippen LogP contribution in [0.15, 0.2) is 29.4 Å². The third-order valence-electron chi connectivity index (χ3n) is 4.09. The molecule has 1 heterocycles. The summed E-state index contributed by atoms with van der Waals surface area (Å²) in [6, 6.07) is 5.44. The zero-order valence-corrected chi connectivity index (χ0v) is 13.4. The fourth-order valence-corrected chi connectivity index (χ4v) is 3.83. The summed E-state index contributed by atoms with van der Waals surface area (Å²) in [5, 5.41) is 7.74. The van der Waals surface area contributed by atoms with Gasteiger partial charge >= 0.3 is 0 Å². The zero-order valence-electron chi connectivity index (χ0n) is 12.6. The first-order valence-electron chi connectivity index (χ1n) is 7.58. The quantitative estimate of drug-likeness (QED) is 0.909. The monoisotopic (exact) mass is 320 g/mol. The van der Waals surface area contributed by atoms with Crippen LogP contribution >= 0.6 is 0 Å². The van der Waals surface area contributed by atoms with Crippen LogP contribution in [0.2, 0.25) is 0 Å². The molecule has 1 aromatic heterocycles. The molecule has 1 aliphatic carbocycles. The van der Waals surface area contributed by atoms with Crippen molar-refractivity contribution in [2.75, 3.05) is 0 Å². The molecule has 6 nitrogen and oxygen atoms in total. The lowest BCUT2D eigenvalue weighted by Crippen LogP contribution is -2.25. The normalized spacial score (nSPS) is 14.8. The highest BCUT2D eigenvalue weighted by Gasteiger charge is 2.18. The van der Waals surface area contributed by atoms with Gasteiger partial charge in [0, 0.05) is 6.54 Å². The largest absolute Gasteiger partial charge is 0.317 e. The van der Waals surface area contributed by atoms with Crippen LogP contribution < -0.4 is 4.72 Å². The molecule has 0 atom stereocenters. The Bertz CT molecular complexity index is 768. The molecule has 0 unspecified atom stereocenters. The Morgan fingerprint density at radius 2 is 2.00 bits per heavy atom. The molecule has 0 spiro atoms. The van der Waals surface area contributed by atoms with Gasteiger partial charge in [-0.3, -0.25) is 0 Å². The van der Waals surface area contributed by atoms with Crippen LogP contribution in [-0.4, -0.2) is 23.2 Å². The third-order valence-corrected chi connectivity index (χ3v) is 5.49. The van der Waals surface area contributed by atoms with Gasteiger partial charge in [-0.05, 0) is 55.9 Å². The van der Waals surface area contributed by atoms with E-state index in [-0.39, 0.29) is 6.54 Å². The Kier molecular flexibility index (Phi) is 4.26. The first kappa shape index (κ1) is 15.2. The average Bonchev–Trinajstić information content (AvgIpc) is 3.00. The van der Waals surface area contributed by atoms with Crippen molar-refractivity contribution in [2.45, 2.75) is 50.6 Å². The summed E-state index contributed by atoms with van der Waals surface area (Å²) in [5.41, 5.74) is 2.43. The molecule has 0 saturated carbocycles. The van der Waals surface area contributed by atoms with Gasteiger partial charge in [-0.2, -0.15) is 0 Å². The molecule has 0 saturated heterocycles. The van der Waals surface area contributed by atoms with E-state index < -0.39 is 10.0 Å². The maximum absolute atomic E-state index is 12.4. The lowest BCUT2D eigenvalue weighted by Gasteiger charge is -2.16. The summed E-state index contributed by atoms with van der Waals surface area (Å²) < 4.78 is 29.3. The zero-order chi connectivity index (χ0) is 15.6. The van der Waals surface area contributed by atoms with E-state index in [1.165, 1.54) is 12.0 Å². The molecule has 118 valence electrons. The molecule has 3 rings (SSSR count). The first-order valence-corrected chi connectivity index (χ1v) is 9.06. The minimum Gasteiger partial charge on any atom is -0.317 e. The molecular formula is C15H20N4O2S. The average molecular weight is 320 g/mol. The first-order chi connectivity index (χ1) is 10.6. The molecule has 2 aromatic rings. The van der Waals surface area contributed by atoms with Gasteiger partial charge in [0.1, 0.15) is 12.2 Å². The molecule has 0 radical (unpaired) electrons. The summed E-state index contributed by atoms with van der Waals surface area (Å²) in [7, 11) is -3.53. The van der Waals surface area contributed by atoms with Gasteiger partial charge < -0.3 is 4.57 Å². The molecule has 7 heteroatoms. The van der Waals surface area contributed by atoms with Gasteiger partial charge in [-0.15, -0.1) is 10.2 Å². The van der Waals surface area contributed by atoms with E-state index in [1.54, 1.807) is 18.5 Å². The summed E-state index contributed by atoms with van der Waals surface area (Å²) in [4.78, 5) is 0.329. The van der Waals surface area contributed by atoms with Gasteiger partial charge in [0.2, 0.25) is 10.0 Å². The fraction of sp³-hybridized carbons (Fsp3) is 0.467. The number of hydrogen-bond donors (Lipinski definition) is 1. The Hall–Kier alpha value is -1.73. The SMILES string of the molecule is CCn1cnnc1CNS(=O)(=O)c1ccc2c(c1)CCCC2. The smallest absolute Gasteiger partial charge is 0.240 e. The molecule has 0 aliphatic heterocycles. The van der Waals surface area contributed by atoms with E-state index in [0.29, 0.717) is 17.3 Å². The number of fused-ring (bicyclic) bond motifs is 1. The number of hydrogen-bond acceptors (Lipinski definition) is 4. The minimum atomic E-state index is -3.53. The second kappa shape index (κ2) is 6.18. The molecule has 1 N–H and O–H groups in total. The van der Waals surface area contributed by atoms with E-state index >= 15 is 0 Å². The van der Waals surface area contributed by atoms with Crippen LogP contribution in [-0.2, 0) is 36.0 Å². The van der Waals surface area contributed by atoms with Crippen LogP contribution in [0.4, 0.5) is 0 Å². The van der Waals surface area contributed by atoms with Crippen molar-refractivity contribution in [2.24, 2.45) is 0 Å². The van der Waals surface area contributed by atoms with Crippen molar-refractivity contribution in [3.63, 3.8) is 0 Å². The van der Waals surface area contributed by atoms with E-state index in [0.717, 1.165) is 24.8 Å². The standard InChI is InChI=1S/C15H20N4O2S/c1-2-19-11-16-18-15(19)10-17-22(20,21)14-8-7-12-5-3-4-6-13(12)9-14/h7-9,11,17H,2-6,10H2,1H3. The van der Waals surface area contributed by atoms with Crippen molar-refractivity contribution in [1.29, 1.82) is 0 Å². The van der Waals surface area contributed by atoms with Gasteiger partial charge in [-0.25, -0.2) is 13.1 Å². The number of aryl methyl sites for hydroxylation is 3. The minimum absolute atomic E-state index is 0.146. The number of aromatic nitrogens is 3. The van der Waals surface area contributed by atoms with Crippen molar-refractivity contribution in [3.8, 4) is 0 Å². The predicted molar refractivity (Wildman–Crippen MR) is 82.8 cm³/mol. The Labute approximate surface area is 130 Å². The third kappa shape index (κ3) is 3.05. The van der Waals surface area contributed by atoms with Crippen molar-refractivity contribution >= 4 is 10.0 Å². The maximum Gasteiger partial charge on any atom is 0.240 e. The van der Waals surface area contributed by atoms with Crippen LogP contribution in [0, 0.1) is 0 Å². The van der Waals surface area contributed by atoms with E-state index in [2.05, 4.69) is 14.9 Å². The van der Waals surface area contributed by atoms with Gasteiger partial charge in [0.05, 0.1) is 11.4 Å². The molecule has 1 aliphatic rings. The van der Waals surface area contributed by atoms with E-state index in [4.69, 9.17) is 0 Å². The number of nitrogens with one attached hydrogen (secondary N) is 1. The molecule has 22 heavy (non-hydrogen) atoms. The number of nitrogens with zero attached hydrogens (tertiary/aromatic N) is 3. The number of sulfonamides is 1. The number of benzene rings is 1. The Balaban J connectivity index is 1.78. The predicted octanol–water partition coefficient (Wildman–Crippen LogP) is 1.66. The number of rotatable bonds is 5.